The van der Waals surface area contributed by atoms with Gasteiger partial charge in [-0.25, -0.2) is 8.42 Å². The number of nitrogens with one attached hydrogen (secondary N) is 1. The van der Waals surface area contributed by atoms with Crippen molar-refractivity contribution in [3.8, 4) is 23.0 Å². The Balaban J connectivity index is 1.72. The Morgan fingerprint density at radius 1 is 1.06 bits per heavy atom. The number of carbonyl (C=O) groups is 1. The highest BCUT2D eigenvalue weighted by Crippen LogP contribution is 2.28. The second-order valence-corrected chi connectivity index (χ2v) is 9.48. The average Bonchev–Trinajstić information content (AvgIpc) is 3.25. The Kier molecular flexibility index (Phi) is 6.94. The highest BCUT2D eigenvalue weighted by Gasteiger charge is 2.20. The van der Waals surface area contributed by atoms with E-state index in [1.165, 1.54) is 25.3 Å². The van der Waals surface area contributed by atoms with Crippen LogP contribution in [-0.4, -0.2) is 44.0 Å². The molecule has 1 heterocycles. The van der Waals surface area contributed by atoms with Crippen LogP contribution in [0.25, 0.3) is 17.5 Å². The number of rotatable bonds is 8. The SMILES string of the molecule is COc1ccc(C=CC(=O)Nc2nnc(-c3cccc(S(=O)(=O)C(C)C)c3)o2)cc1OC. The Bertz CT molecular complexity index is 1250. The first-order valence-electron chi connectivity index (χ1n) is 9.63. The summed E-state index contributed by atoms with van der Waals surface area (Å²) >= 11 is 0. The van der Waals surface area contributed by atoms with Crippen LogP contribution in [0.4, 0.5) is 6.01 Å². The number of methoxy groups -OCH3 is 2. The lowest BCUT2D eigenvalue weighted by molar-refractivity contribution is -0.112. The predicted octanol–water partition coefficient (Wildman–Crippen LogP) is 3.59. The second-order valence-electron chi connectivity index (χ2n) is 6.97. The van der Waals surface area contributed by atoms with Crippen molar-refractivity contribution in [2.45, 2.75) is 24.0 Å². The first-order valence-corrected chi connectivity index (χ1v) is 11.2. The minimum atomic E-state index is -3.45. The lowest BCUT2D eigenvalue weighted by Gasteiger charge is -2.08. The van der Waals surface area contributed by atoms with Crippen molar-refractivity contribution >= 4 is 27.8 Å². The molecule has 0 atom stereocenters. The minimum absolute atomic E-state index is 0.0879. The third-order valence-corrected chi connectivity index (χ3v) is 6.67. The quantitative estimate of drug-likeness (QED) is 0.510. The van der Waals surface area contributed by atoms with Crippen LogP contribution >= 0.6 is 0 Å². The minimum Gasteiger partial charge on any atom is -0.493 e. The first kappa shape index (κ1) is 23.0. The molecular formula is C22H23N3O6S. The van der Waals surface area contributed by atoms with Gasteiger partial charge in [0.25, 0.3) is 5.91 Å². The summed E-state index contributed by atoms with van der Waals surface area (Å²) in [5.41, 5.74) is 1.16. The third kappa shape index (κ3) is 5.14. The molecule has 1 N–H and O–H groups in total. The van der Waals surface area contributed by atoms with E-state index < -0.39 is 21.0 Å². The highest BCUT2D eigenvalue weighted by molar-refractivity contribution is 7.92. The van der Waals surface area contributed by atoms with Crippen molar-refractivity contribution in [3.63, 3.8) is 0 Å². The molecule has 1 amide bonds. The van der Waals surface area contributed by atoms with Gasteiger partial charge in [0.15, 0.2) is 21.3 Å². The van der Waals surface area contributed by atoms with E-state index in [9.17, 15) is 13.2 Å². The van der Waals surface area contributed by atoms with Crippen LogP contribution in [0.2, 0.25) is 0 Å². The normalized spacial score (nSPS) is 11.7. The fraction of sp³-hybridized carbons (Fsp3) is 0.227. The summed E-state index contributed by atoms with van der Waals surface area (Å²) in [6.45, 7) is 3.22. The molecule has 168 valence electrons. The van der Waals surface area contributed by atoms with Gasteiger partial charge in [0.05, 0.1) is 24.4 Å². The lowest BCUT2D eigenvalue weighted by atomic mass is 10.2. The van der Waals surface area contributed by atoms with Crippen molar-refractivity contribution in [1.29, 1.82) is 0 Å². The van der Waals surface area contributed by atoms with Crippen LogP contribution in [-0.2, 0) is 14.6 Å². The second kappa shape index (κ2) is 9.65. The standard InChI is InChI=1S/C22H23N3O6S/c1-14(2)32(27,28)17-7-5-6-16(13-17)21-24-25-22(31-21)23-20(26)11-9-15-8-10-18(29-3)19(12-15)30-4/h5-14H,1-4H3,(H,23,25,26). The monoisotopic (exact) mass is 457 g/mol. The number of hydrogen-bond acceptors (Lipinski definition) is 8. The van der Waals surface area contributed by atoms with E-state index >= 15 is 0 Å². The van der Waals surface area contributed by atoms with Gasteiger partial charge < -0.3 is 13.9 Å². The topological polar surface area (TPSA) is 121 Å². The Labute approximate surface area is 186 Å². The summed E-state index contributed by atoms with van der Waals surface area (Å²) < 4.78 is 40.7. The molecule has 0 spiro atoms. The van der Waals surface area contributed by atoms with Crippen molar-refractivity contribution in [2.24, 2.45) is 0 Å². The smallest absolute Gasteiger partial charge is 0.322 e. The molecule has 0 fully saturated rings. The molecule has 0 aliphatic heterocycles. The summed E-state index contributed by atoms with van der Waals surface area (Å²) in [5, 5.41) is 9.60. The maximum atomic E-state index is 12.4. The van der Waals surface area contributed by atoms with E-state index in [-0.39, 0.29) is 16.8 Å². The van der Waals surface area contributed by atoms with Crippen LogP contribution in [0.3, 0.4) is 0 Å². The van der Waals surface area contributed by atoms with E-state index in [1.807, 2.05) is 0 Å². The van der Waals surface area contributed by atoms with Crippen molar-refractivity contribution < 1.29 is 27.1 Å². The molecule has 0 aliphatic rings. The molecule has 0 radical (unpaired) electrons. The van der Waals surface area contributed by atoms with Crippen molar-refractivity contribution in [3.05, 3.63) is 54.1 Å². The van der Waals surface area contributed by atoms with Gasteiger partial charge in [0.2, 0.25) is 5.89 Å². The summed E-state index contributed by atoms with van der Waals surface area (Å²) in [6, 6.07) is 11.3. The molecular weight excluding hydrogens is 434 g/mol. The van der Waals surface area contributed by atoms with E-state index in [4.69, 9.17) is 13.9 Å². The zero-order chi connectivity index (χ0) is 23.3. The fourth-order valence-corrected chi connectivity index (χ4v) is 3.85. The number of amides is 1. The van der Waals surface area contributed by atoms with Gasteiger partial charge in [0.1, 0.15) is 0 Å². The number of aromatic nitrogens is 2. The van der Waals surface area contributed by atoms with E-state index in [2.05, 4.69) is 15.5 Å². The largest absolute Gasteiger partial charge is 0.493 e. The van der Waals surface area contributed by atoms with Crippen molar-refractivity contribution in [2.75, 3.05) is 19.5 Å². The van der Waals surface area contributed by atoms with Crippen LogP contribution in [0.1, 0.15) is 19.4 Å². The first-order chi connectivity index (χ1) is 15.2. The molecule has 1 aromatic heterocycles. The molecule has 3 aromatic rings. The zero-order valence-electron chi connectivity index (χ0n) is 18.0. The Morgan fingerprint density at radius 2 is 1.81 bits per heavy atom. The number of nitrogens with zero attached hydrogens (tertiary/aromatic N) is 2. The average molecular weight is 458 g/mol. The molecule has 32 heavy (non-hydrogen) atoms. The summed E-state index contributed by atoms with van der Waals surface area (Å²) in [7, 11) is -0.381. The van der Waals surface area contributed by atoms with Crippen molar-refractivity contribution in [1.82, 2.24) is 10.2 Å². The van der Waals surface area contributed by atoms with Crippen LogP contribution < -0.4 is 14.8 Å². The molecule has 0 unspecified atom stereocenters. The summed E-state index contributed by atoms with van der Waals surface area (Å²) in [5.74, 6) is 0.729. The highest BCUT2D eigenvalue weighted by atomic mass is 32.2. The van der Waals surface area contributed by atoms with E-state index in [0.717, 1.165) is 5.56 Å². The molecule has 0 saturated carbocycles. The van der Waals surface area contributed by atoms with Gasteiger partial charge in [0, 0.05) is 11.6 Å². The molecule has 0 bridgehead atoms. The summed E-state index contributed by atoms with van der Waals surface area (Å²) in [4.78, 5) is 12.4. The maximum absolute atomic E-state index is 12.4. The number of anilines is 1. The Morgan fingerprint density at radius 3 is 2.50 bits per heavy atom. The third-order valence-electron chi connectivity index (χ3n) is 4.52. The Hall–Kier alpha value is -3.66. The van der Waals surface area contributed by atoms with E-state index in [1.54, 1.807) is 57.4 Å². The molecule has 2 aromatic carbocycles. The maximum Gasteiger partial charge on any atom is 0.322 e. The van der Waals surface area contributed by atoms with Gasteiger partial charge in [-0.3, -0.25) is 10.1 Å². The number of ether oxygens (including phenoxy) is 2. The van der Waals surface area contributed by atoms with Crippen LogP contribution in [0.15, 0.2) is 57.9 Å². The molecule has 3 rings (SSSR count). The number of benzene rings is 2. The molecule has 0 aliphatic carbocycles. The van der Waals surface area contributed by atoms with Crippen LogP contribution in [0.5, 0.6) is 11.5 Å². The van der Waals surface area contributed by atoms with Gasteiger partial charge in [-0.1, -0.05) is 17.2 Å². The zero-order valence-corrected chi connectivity index (χ0v) is 18.8. The lowest BCUT2D eigenvalue weighted by Crippen LogP contribution is -2.13. The van der Waals surface area contributed by atoms with Crippen LogP contribution in [0, 0.1) is 0 Å². The van der Waals surface area contributed by atoms with Gasteiger partial charge >= 0.3 is 6.01 Å². The summed E-state index contributed by atoms with van der Waals surface area (Å²) in [6.07, 6.45) is 2.90. The molecule has 9 nitrogen and oxygen atoms in total. The fourth-order valence-electron chi connectivity index (χ4n) is 2.74. The number of carbonyl (C=O) groups excluding carboxylic acids is 1. The molecule has 10 heteroatoms. The predicted molar refractivity (Wildman–Crippen MR) is 119 cm³/mol. The van der Waals surface area contributed by atoms with E-state index in [0.29, 0.717) is 17.1 Å². The van der Waals surface area contributed by atoms with Gasteiger partial charge in [-0.05, 0) is 55.8 Å². The number of hydrogen-bond donors (Lipinski definition) is 1. The van der Waals surface area contributed by atoms with Gasteiger partial charge in [-0.15, -0.1) is 5.10 Å². The molecule has 0 saturated heterocycles. The number of sulfone groups is 1. The van der Waals surface area contributed by atoms with Gasteiger partial charge in [-0.2, -0.15) is 0 Å².